The maximum Gasteiger partial charge on any atom is 0.111 e. The Morgan fingerprint density at radius 3 is 2.64 bits per heavy atom. The Bertz CT molecular complexity index is 261. The van der Waals surface area contributed by atoms with E-state index in [1.807, 2.05) is 12.1 Å². The van der Waals surface area contributed by atoms with Gasteiger partial charge in [-0.3, -0.25) is 4.98 Å². The van der Waals surface area contributed by atoms with Crippen LogP contribution in [0.4, 0.5) is 0 Å². The lowest BCUT2D eigenvalue weighted by Gasteiger charge is -2.19. The third-order valence-corrected chi connectivity index (χ3v) is 2.14. The van der Waals surface area contributed by atoms with Gasteiger partial charge in [-0.1, -0.05) is 19.9 Å². The summed E-state index contributed by atoms with van der Waals surface area (Å²) < 4.78 is 0. The third-order valence-electron chi connectivity index (χ3n) is 2.14. The highest BCUT2D eigenvalue weighted by molar-refractivity contribution is 5.08. The van der Waals surface area contributed by atoms with Gasteiger partial charge in [0.05, 0.1) is 5.69 Å². The van der Waals surface area contributed by atoms with E-state index in [0.29, 0.717) is 11.6 Å². The molecule has 0 fully saturated rings. The number of pyridine rings is 1. The molecule has 0 aliphatic carbocycles. The van der Waals surface area contributed by atoms with E-state index in [2.05, 4.69) is 18.8 Å². The predicted octanol–water partition coefficient (Wildman–Crippen LogP) is 1.49. The molecule has 1 unspecified atom stereocenters. The summed E-state index contributed by atoms with van der Waals surface area (Å²) in [7, 11) is 0. The standard InChI is InChI=1S/C11H18N2O/c1-8(2)7-9(12)11(14)10-5-3-4-6-13-10/h3-6,8-9,11,14H,7,12H2,1-2H3/t9?,11-/m1/s1. The van der Waals surface area contributed by atoms with E-state index in [0.717, 1.165) is 6.42 Å². The lowest BCUT2D eigenvalue weighted by atomic mass is 9.98. The molecule has 0 radical (unpaired) electrons. The molecule has 3 nitrogen and oxygen atoms in total. The second kappa shape index (κ2) is 5.08. The van der Waals surface area contributed by atoms with Crippen molar-refractivity contribution in [3.05, 3.63) is 30.1 Å². The molecule has 0 saturated heterocycles. The quantitative estimate of drug-likeness (QED) is 0.763. The zero-order valence-electron chi connectivity index (χ0n) is 8.72. The predicted molar refractivity (Wildman–Crippen MR) is 56.6 cm³/mol. The monoisotopic (exact) mass is 194 g/mol. The molecule has 0 spiro atoms. The van der Waals surface area contributed by atoms with Gasteiger partial charge < -0.3 is 10.8 Å². The summed E-state index contributed by atoms with van der Waals surface area (Å²) in [6.45, 7) is 4.18. The molecule has 1 aromatic heterocycles. The van der Waals surface area contributed by atoms with Crippen molar-refractivity contribution in [2.24, 2.45) is 11.7 Å². The van der Waals surface area contributed by atoms with Gasteiger partial charge in [0.1, 0.15) is 6.10 Å². The molecule has 0 aliphatic rings. The van der Waals surface area contributed by atoms with Gasteiger partial charge in [-0.15, -0.1) is 0 Å². The third kappa shape index (κ3) is 3.09. The van der Waals surface area contributed by atoms with Gasteiger partial charge in [0.15, 0.2) is 0 Å². The van der Waals surface area contributed by atoms with Gasteiger partial charge in [0, 0.05) is 12.2 Å². The van der Waals surface area contributed by atoms with Crippen LogP contribution in [-0.4, -0.2) is 16.1 Å². The first-order valence-corrected chi connectivity index (χ1v) is 4.96. The highest BCUT2D eigenvalue weighted by atomic mass is 16.3. The smallest absolute Gasteiger partial charge is 0.111 e. The number of aromatic nitrogens is 1. The minimum absolute atomic E-state index is 0.232. The van der Waals surface area contributed by atoms with Crippen LogP contribution in [0.1, 0.15) is 32.1 Å². The van der Waals surface area contributed by atoms with E-state index in [1.54, 1.807) is 12.3 Å². The lowest BCUT2D eigenvalue weighted by molar-refractivity contribution is 0.131. The normalized spacial score (nSPS) is 15.5. The number of hydrogen-bond acceptors (Lipinski definition) is 3. The van der Waals surface area contributed by atoms with Crippen molar-refractivity contribution in [3.8, 4) is 0 Å². The Labute approximate surface area is 85.0 Å². The number of nitrogens with two attached hydrogens (primary N) is 1. The fourth-order valence-corrected chi connectivity index (χ4v) is 1.44. The van der Waals surface area contributed by atoms with E-state index in [-0.39, 0.29) is 6.04 Å². The molecule has 3 heteroatoms. The van der Waals surface area contributed by atoms with Gasteiger partial charge in [-0.05, 0) is 24.5 Å². The van der Waals surface area contributed by atoms with Crippen LogP contribution < -0.4 is 5.73 Å². The van der Waals surface area contributed by atoms with Crippen molar-refractivity contribution in [1.82, 2.24) is 4.98 Å². The summed E-state index contributed by atoms with van der Waals surface area (Å²) in [6, 6.07) is 5.24. The summed E-state index contributed by atoms with van der Waals surface area (Å²) >= 11 is 0. The molecule has 0 aromatic carbocycles. The van der Waals surface area contributed by atoms with E-state index in [4.69, 9.17) is 5.73 Å². The molecule has 0 aliphatic heterocycles. The minimum Gasteiger partial charge on any atom is -0.385 e. The van der Waals surface area contributed by atoms with Crippen molar-refractivity contribution < 1.29 is 5.11 Å². The molecule has 0 bridgehead atoms. The van der Waals surface area contributed by atoms with Crippen molar-refractivity contribution in [2.45, 2.75) is 32.4 Å². The molecule has 0 amide bonds. The van der Waals surface area contributed by atoms with Crippen molar-refractivity contribution in [1.29, 1.82) is 0 Å². The largest absolute Gasteiger partial charge is 0.385 e. The number of hydrogen-bond donors (Lipinski definition) is 2. The second-order valence-corrected chi connectivity index (χ2v) is 3.99. The highest BCUT2D eigenvalue weighted by Gasteiger charge is 2.18. The van der Waals surface area contributed by atoms with Crippen LogP contribution >= 0.6 is 0 Å². The molecular weight excluding hydrogens is 176 g/mol. The maximum atomic E-state index is 9.85. The number of rotatable bonds is 4. The molecule has 1 aromatic rings. The fraction of sp³-hybridized carbons (Fsp3) is 0.545. The Hall–Kier alpha value is -0.930. The van der Waals surface area contributed by atoms with Crippen LogP contribution in [0.25, 0.3) is 0 Å². The number of aliphatic hydroxyl groups excluding tert-OH is 1. The molecule has 0 saturated carbocycles. The molecule has 78 valence electrons. The van der Waals surface area contributed by atoms with Crippen LogP contribution in [0.5, 0.6) is 0 Å². The first kappa shape index (κ1) is 11.1. The van der Waals surface area contributed by atoms with E-state index in [9.17, 15) is 5.11 Å². The van der Waals surface area contributed by atoms with E-state index < -0.39 is 6.10 Å². The first-order valence-electron chi connectivity index (χ1n) is 4.96. The first-order chi connectivity index (χ1) is 6.61. The second-order valence-electron chi connectivity index (χ2n) is 3.99. The lowest BCUT2D eigenvalue weighted by Crippen LogP contribution is -2.30. The Morgan fingerprint density at radius 2 is 2.14 bits per heavy atom. The van der Waals surface area contributed by atoms with Crippen LogP contribution in [0.15, 0.2) is 24.4 Å². The van der Waals surface area contributed by atoms with Crippen molar-refractivity contribution >= 4 is 0 Å². The van der Waals surface area contributed by atoms with Crippen molar-refractivity contribution in [3.63, 3.8) is 0 Å². The van der Waals surface area contributed by atoms with Crippen LogP contribution in [-0.2, 0) is 0 Å². The number of aliphatic hydroxyl groups is 1. The fourth-order valence-electron chi connectivity index (χ4n) is 1.44. The summed E-state index contributed by atoms with van der Waals surface area (Å²) in [6.07, 6.45) is 1.82. The average Bonchev–Trinajstić information content (AvgIpc) is 2.17. The summed E-state index contributed by atoms with van der Waals surface area (Å²) in [5.41, 5.74) is 6.51. The summed E-state index contributed by atoms with van der Waals surface area (Å²) in [5, 5.41) is 9.85. The van der Waals surface area contributed by atoms with Gasteiger partial charge in [0.25, 0.3) is 0 Å². The van der Waals surface area contributed by atoms with Gasteiger partial charge in [-0.2, -0.15) is 0 Å². The van der Waals surface area contributed by atoms with E-state index >= 15 is 0 Å². The summed E-state index contributed by atoms with van der Waals surface area (Å²) in [4.78, 5) is 4.08. The Morgan fingerprint density at radius 1 is 1.43 bits per heavy atom. The minimum atomic E-state index is -0.654. The van der Waals surface area contributed by atoms with Crippen molar-refractivity contribution in [2.75, 3.05) is 0 Å². The molecule has 2 atom stereocenters. The highest BCUT2D eigenvalue weighted by Crippen LogP contribution is 2.17. The molecule has 14 heavy (non-hydrogen) atoms. The Balaban J connectivity index is 2.61. The molecule has 1 heterocycles. The van der Waals surface area contributed by atoms with Crippen LogP contribution in [0, 0.1) is 5.92 Å². The van der Waals surface area contributed by atoms with Gasteiger partial charge in [-0.25, -0.2) is 0 Å². The zero-order valence-corrected chi connectivity index (χ0v) is 8.72. The van der Waals surface area contributed by atoms with Crippen LogP contribution in [0.2, 0.25) is 0 Å². The summed E-state index contributed by atoms with van der Waals surface area (Å²) in [5.74, 6) is 0.489. The molecule has 1 rings (SSSR count). The van der Waals surface area contributed by atoms with E-state index in [1.165, 1.54) is 0 Å². The maximum absolute atomic E-state index is 9.85. The average molecular weight is 194 g/mol. The molecule has 3 N–H and O–H groups in total. The zero-order chi connectivity index (χ0) is 10.6. The van der Waals surface area contributed by atoms with Crippen LogP contribution in [0.3, 0.4) is 0 Å². The van der Waals surface area contributed by atoms with Gasteiger partial charge in [0.2, 0.25) is 0 Å². The SMILES string of the molecule is CC(C)CC(N)[C@@H](O)c1ccccn1. The topological polar surface area (TPSA) is 59.1 Å². The molecular formula is C11H18N2O. The number of nitrogens with zero attached hydrogens (tertiary/aromatic N) is 1. The van der Waals surface area contributed by atoms with Gasteiger partial charge >= 0.3 is 0 Å². The Kier molecular flexibility index (Phi) is 4.04.